The van der Waals surface area contributed by atoms with E-state index in [1.807, 2.05) is 0 Å². The van der Waals surface area contributed by atoms with E-state index in [9.17, 15) is 4.80 Å². The molecule has 2 saturated heterocycles. The van der Waals surface area contributed by atoms with Crippen molar-refractivity contribution >= 4 is 8.32 Å². The number of nitrogens with one attached hydrogen (secondary N) is 2. The SMILES string of the molecule is CC(C)(CC[C@H]1CN2CCNCC2CN1)[Si](C)(C)O. The molecule has 0 aromatic rings. The van der Waals surface area contributed by atoms with E-state index in [1.54, 1.807) is 0 Å². The quantitative estimate of drug-likeness (QED) is 0.674. The van der Waals surface area contributed by atoms with Gasteiger partial charge >= 0.3 is 0 Å². The summed E-state index contributed by atoms with van der Waals surface area (Å²) < 4.78 is 0. The Bertz CT molecular complexity index is 304. The number of hydrogen-bond donors (Lipinski definition) is 3. The van der Waals surface area contributed by atoms with Crippen LogP contribution in [0.3, 0.4) is 0 Å². The van der Waals surface area contributed by atoms with Crippen molar-refractivity contribution < 1.29 is 4.80 Å². The summed E-state index contributed by atoms with van der Waals surface area (Å²) in [5.41, 5.74) is 0. The molecule has 0 aliphatic carbocycles. The highest BCUT2D eigenvalue weighted by atomic mass is 28.4. The van der Waals surface area contributed by atoms with E-state index in [0.717, 1.165) is 26.1 Å². The van der Waals surface area contributed by atoms with E-state index in [-0.39, 0.29) is 5.04 Å². The lowest BCUT2D eigenvalue weighted by molar-refractivity contribution is 0.101. The molecule has 0 spiro atoms. The standard InChI is InChI=1S/C14H31N3OSi/c1-14(2,19(3,4)18)6-5-12-11-17-8-7-15-9-13(17)10-16-12/h12-13,15-16,18H,5-11H2,1-4H3/t12-,13?/m0/s1. The third-order valence-corrected chi connectivity index (χ3v) is 8.91. The molecule has 0 amide bonds. The Morgan fingerprint density at radius 2 is 2.05 bits per heavy atom. The molecule has 19 heavy (non-hydrogen) atoms. The Morgan fingerprint density at radius 1 is 1.32 bits per heavy atom. The monoisotopic (exact) mass is 285 g/mol. The third kappa shape index (κ3) is 3.79. The highest BCUT2D eigenvalue weighted by Gasteiger charge is 2.38. The summed E-state index contributed by atoms with van der Waals surface area (Å²) in [5, 5.41) is 7.27. The number of piperazine rings is 2. The molecule has 1 unspecified atom stereocenters. The van der Waals surface area contributed by atoms with Crippen LogP contribution >= 0.6 is 0 Å². The maximum absolute atomic E-state index is 10.4. The molecule has 2 aliphatic heterocycles. The van der Waals surface area contributed by atoms with Gasteiger partial charge in [0.15, 0.2) is 8.32 Å². The van der Waals surface area contributed by atoms with Crippen molar-refractivity contribution in [2.24, 2.45) is 0 Å². The van der Waals surface area contributed by atoms with Crippen LogP contribution in [-0.2, 0) is 0 Å². The van der Waals surface area contributed by atoms with Gasteiger partial charge in [-0.3, -0.25) is 4.90 Å². The van der Waals surface area contributed by atoms with Gasteiger partial charge in [-0.15, -0.1) is 0 Å². The Kier molecular flexibility index (Phi) is 4.73. The van der Waals surface area contributed by atoms with Gasteiger partial charge in [0, 0.05) is 44.8 Å². The Labute approximate surface area is 119 Å². The van der Waals surface area contributed by atoms with Gasteiger partial charge in [0.05, 0.1) is 0 Å². The maximum atomic E-state index is 10.4. The van der Waals surface area contributed by atoms with Crippen LogP contribution in [0.25, 0.3) is 0 Å². The van der Waals surface area contributed by atoms with Crippen LogP contribution in [-0.4, -0.2) is 62.8 Å². The first-order chi connectivity index (χ1) is 8.79. The van der Waals surface area contributed by atoms with E-state index in [0.29, 0.717) is 12.1 Å². The van der Waals surface area contributed by atoms with Gasteiger partial charge in [0.2, 0.25) is 0 Å². The smallest absolute Gasteiger partial charge is 0.188 e. The van der Waals surface area contributed by atoms with Gasteiger partial charge in [0.25, 0.3) is 0 Å². The van der Waals surface area contributed by atoms with Crippen molar-refractivity contribution in [3.8, 4) is 0 Å². The lowest BCUT2D eigenvalue weighted by Crippen LogP contribution is -2.63. The molecule has 0 aromatic heterocycles. The molecule has 2 fully saturated rings. The largest absolute Gasteiger partial charge is 0.432 e. The molecule has 2 rings (SSSR count). The van der Waals surface area contributed by atoms with Crippen molar-refractivity contribution in [3.05, 3.63) is 0 Å². The summed E-state index contributed by atoms with van der Waals surface area (Å²) in [6, 6.07) is 1.28. The van der Waals surface area contributed by atoms with Gasteiger partial charge in [-0.05, 0) is 31.0 Å². The molecule has 0 aromatic carbocycles. The second-order valence-corrected chi connectivity index (χ2v) is 11.9. The van der Waals surface area contributed by atoms with Crippen LogP contribution in [0.2, 0.25) is 18.1 Å². The first kappa shape index (κ1) is 15.4. The first-order valence-corrected chi connectivity index (χ1v) is 10.6. The zero-order valence-electron chi connectivity index (χ0n) is 13.0. The summed E-state index contributed by atoms with van der Waals surface area (Å²) in [4.78, 5) is 13.0. The summed E-state index contributed by atoms with van der Waals surface area (Å²) in [5.74, 6) is 0. The van der Waals surface area contributed by atoms with Crippen LogP contribution < -0.4 is 10.6 Å². The van der Waals surface area contributed by atoms with Gasteiger partial charge in [-0.1, -0.05) is 13.8 Å². The number of fused-ring (bicyclic) bond motifs is 1. The minimum Gasteiger partial charge on any atom is -0.432 e. The predicted molar refractivity (Wildman–Crippen MR) is 83.0 cm³/mol. The minimum absolute atomic E-state index is 0.106. The molecule has 0 bridgehead atoms. The first-order valence-electron chi connectivity index (χ1n) is 7.70. The third-order valence-electron chi connectivity index (χ3n) is 5.34. The minimum atomic E-state index is -2.06. The Hall–Kier alpha value is 0.0569. The highest BCUT2D eigenvalue weighted by Crippen LogP contribution is 2.40. The maximum Gasteiger partial charge on any atom is 0.188 e. The summed E-state index contributed by atoms with van der Waals surface area (Å²) in [7, 11) is -2.06. The van der Waals surface area contributed by atoms with Gasteiger partial charge < -0.3 is 15.4 Å². The van der Waals surface area contributed by atoms with Crippen molar-refractivity contribution in [1.82, 2.24) is 15.5 Å². The lowest BCUT2D eigenvalue weighted by atomic mass is 9.98. The van der Waals surface area contributed by atoms with E-state index >= 15 is 0 Å². The molecule has 0 saturated carbocycles. The van der Waals surface area contributed by atoms with Crippen LogP contribution in [0, 0.1) is 0 Å². The van der Waals surface area contributed by atoms with Gasteiger partial charge in [0.1, 0.15) is 0 Å². The van der Waals surface area contributed by atoms with Crippen LogP contribution in [0.1, 0.15) is 26.7 Å². The molecular weight excluding hydrogens is 254 g/mol. The Balaban J connectivity index is 1.81. The zero-order chi connectivity index (χ0) is 14.1. The summed E-state index contributed by atoms with van der Waals surface area (Å²) >= 11 is 0. The van der Waals surface area contributed by atoms with Crippen molar-refractivity contribution in [1.29, 1.82) is 0 Å². The lowest BCUT2D eigenvalue weighted by Gasteiger charge is -2.44. The molecule has 2 aliphatic rings. The van der Waals surface area contributed by atoms with Crippen molar-refractivity contribution in [2.45, 2.75) is 56.9 Å². The van der Waals surface area contributed by atoms with Crippen LogP contribution in [0.4, 0.5) is 0 Å². The summed E-state index contributed by atoms with van der Waals surface area (Å²) in [6.07, 6.45) is 2.30. The zero-order valence-corrected chi connectivity index (χ0v) is 14.0. The molecule has 2 atom stereocenters. The van der Waals surface area contributed by atoms with Crippen molar-refractivity contribution in [2.75, 3.05) is 32.7 Å². The predicted octanol–water partition coefficient (Wildman–Crippen LogP) is 0.990. The van der Waals surface area contributed by atoms with Crippen molar-refractivity contribution in [3.63, 3.8) is 0 Å². The topological polar surface area (TPSA) is 47.5 Å². The van der Waals surface area contributed by atoms with Gasteiger partial charge in [-0.2, -0.15) is 0 Å². The van der Waals surface area contributed by atoms with E-state index in [4.69, 9.17) is 0 Å². The molecule has 5 heteroatoms. The highest BCUT2D eigenvalue weighted by molar-refractivity contribution is 6.72. The second-order valence-electron chi connectivity index (χ2n) is 7.44. The molecule has 112 valence electrons. The number of rotatable bonds is 4. The fourth-order valence-electron chi connectivity index (χ4n) is 2.93. The van der Waals surface area contributed by atoms with E-state index in [2.05, 4.69) is 42.5 Å². The van der Waals surface area contributed by atoms with E-state index in [1.165, 1.54) is 19.5 Å². The number of hydrogen-bond acceptors (Lipinski definition) is 4. The second kappa shape index (κ2) is 5.82. The fraction of sp³-hybridized carbons (Fsp3) is 1.00. The summed E-state index contributed by atoms with van der Waals surface area (Å²) in [6.45, 7) is 14.3. The molecule has 2 heterocycles. The molecule has 4 nitrogen and oxygen atoms in total. The normalized spacial score (nSPS) is 30.2. The fourth-order valence-corrected chi connectivity index (χ4v) is 3.69. The average molecular weight is 286 g/mol. The molecule has 0 radical (unpaired) electrons. The van der Waals surface area contributed by atoms with Crippen LogP contribution in [0.15, 0.2) is 0 Å². The van der Waals surface area contributed by atoms with Crippen LogP contribution in [0.5, 0.6) is 0 Å². The average Bonchev–Trinajstić information content (AvgIpc) is 2.35. The molecular formula is C14H31N3OSi. The number of nitrogens with zero attached hydrogens (tertiary/aromatic N) is 1. The van der Waals surface area contributed by atoms with Gasteiger partial charge in [-0.25, -0.2) is 0 Å². The molecule has 3 N–H and O–H groups in total. The Morgan fingerprint density at radius 3 is 2.74 bits per heavy atom. The van der Waals surface area contributed by atoms with E-state index < -0.39 is 8.32 Å².